The second-order valence-electron chi connectivity index (χ2n) is 8.59. The third-order valence-corrected chi connectivity index (χ3v) is 5.13. The van der Waals surface area contributed by atoms with Crippen molar-refractivity contribution in [3.63, 3.8) is 0 Å². The van der Waals surface area contributed by atoms with Gasteiger partial charge in [0.05, 0.1) is 5.60 Å². The maximum Gasteiger partial charge on any atom is 0.410 e. The molecule has 2 aliphatic rings. The number of carbonyl (C=O) groups excluding carboxylic acids is 1. The van der Waals surface area contributed by atoms with Crippen molar-refractivity contribution >= 4 is 6.09 Å². The molecule has 132 valence electrons. The van der Waals surface area contributed by atoms with E-state index < -0.39 is 11.2 Å². The van der Waals surface area contributed by atoms with Crippen LogP contribution in [-0.2, 0) is 10.3 Å². The topological polar surface area (TPSA) is 49.8 Å². The van der Waals surface area contributed by atoms with Crippen LogP contribution < -0.4 is 0 Å². The van der Waals surface area contributed by atoms with Crippen LogP contribution in [0.25, 0.3) is 0 Å². The molecule has 0 saturated carbocycles. The summed E-state index contributed by atoms with van der Waals surface area (Å²) in [6.07, 6.45) is 2.82. The molecule has 0 aliphatic carbocycles. The van der Waals surface area contributed by atoms with Gasteiger partial charge in [-0.05, 0) is 53.0 Å². The fourth-order valence-corrected chi connectivity index (χ4v) is 4.32. The smallest absolute Gasteiger partial charge is 0.410 e. The monoisotopic (exact) mass is 331 g/mol. The number of nitrogens with zero attached hydrogens (tertiary/aromatic N) is 1. The molecular weight excluding hydrogens is 302 g/mol. The van der Waals surface area contributed by atoms with E-state index in [1.54, 1.807) is 0 Å². The first-order valence-electron chi connectivity index (χ1n) is 8.90. The first kappa shape index (κ1) is 17.3. The molecule has 1 aromatic carbocycles. The Bertz CT molecular complexity index is 613. The summed E-state index contributed by atoms with van der Waals surface area (Å²) in [5.74, 6) is 0. The number of amides is 1. The molecule has 2 aliphatic heterocycles. The van der Waals surface area contributed by atoms with Crippen LogP contribution in [0.3, 0.4) is 0 Å². The average Bonchev–Trinajstić information content (AvgIpc) is 2.69. The fourth-order valence-electron chi connectivity index (χ4n) is 4.32. The Morgan fingerprint density at radius 1 is 1.12 bits per heavy atom. The zero-order chi connectivity index (χ0) is 17.7. The zero-order valence-electron chi connectivity index (χ0n) is 15.4. The van der Waals surface area contributed by atoms with E-state index in [4.69, 9.17) is 4.74 Å². The maximum absolute atomic E-state index is 12.6. The summed E-state index contributed by atoms with van der Waals surface area (Å²) in [7, 11) is 0. The van der Waals surface area contributed by atoms with Gasteiger partial charge in [-0.2, -0.15) is 0 Å². The van der Waals surface area contributed by atoms with Crippen molar-refractivity contribution < 1.29 is 14.6 Å². The van der Waals surface area contributed by atoms with Crippen molar-refractivity contribution in [2.24, 2.45) is 0 Å². The van der Waals surface area contributed by atoms with Gasteiger partial charge in [-0.15, -0.1) is 0 Å². The SMILES string of the molecule is Cc1cc(C)cc(C2(O)CC3CCC(C2)N3C(=O)OC(C)(C)C)c1. The molecule has 1 amide bonds. The number of rotatable bonds is 1. The zero-order valence-corrected chi connectivity index (χ0v) is 15.4. The summed E-state index contributed by atoms with van der Waals surface area (Å²) in [5.41, 5.74) is 1.99. The van der Waals surface area contributed by atoms with E-state index in [1.807, 2.05) is 25.7 Å². The number of fused-ring (bicyclic) bond motifs is 2. The standard InChI is InChI=1S/C20H29NO3/c1-13-8-14(2)10-15(9-13)20(23)11-16-6-7-17(12-20)21(16)18(22)24-19(3,4)5/h8-10,16-17,23H,6-7,11-12H2,1-5H3. The second-order valence-corrected chi connectivity index (χ2v) is 8.59. The first-order chi connectivity index (χ1) is 11.1. The van der Waals surface area contributed by atoms with Crippen LogP contribution in [0.5, 0.6) is 0 Å². The van der Waals surface area contributed by atoms with Crippen LogP contribution in [0.1, 0.15) is 63.1 Å². The van der Waals surface area contributed by atoms with Crippen molar-refractivity contribution in [3.8, 4) is 0 Å². The molecule has 0 radical (unpaired) electrons. The minimum absolute atomic E-state index is 0.0596. The highest BCUT2D eigenvalue weighted by Gasteiger charge is 2.51. The lowest BCUT2D eigenvalue weighted by Crippen LogP contribution is -2.53. The van der Waals surface area contributed by atoms with E-state index >= 15 is 0 Å². The molecule has 2 atom stereocenters. The van der Waals surface area contributed by atoms with E-state index in [1.165, 1.54) is 11.1 Å². The summed E-state index contributed by atoms with van der Waals surface area (Å²) in [4.78, 5) is 14.4. The van der Waals surface area contributed by atoms with E-state index in [2.05, 4.69) is 32.0 Å². The Balaban J connectivity index is 1.83. The highest BCUT2D eigenvalue weighted by Crippen LogP contribution is 2.46. The lowest BCUT2D eigenvalue weighted by molar-refractivity contribution is -0.0624. The van der Waals surface area contributed by atoms with Crippen LogP contribution in [0.4, 0.5) is 4.79 Å². The Hall–Kier alpha value is -1.55. The average molecular weight is 331 g/mol. The summed E-state index contributed by atoms with van der Waals surface area (Å²) >= 11 is 0. The molecule has 0 spiro atoms. The number of aryl methyl sites for hydroxylation is 2. The number of hydrogen-bond donors (Lipinski definition) is 1. The molecule has 4 heteroatoms. The van der Waals surface area contributed by atoms with Gasteiger partial charge in [0, 0.05) is 24.9 Å². The van der Waals surface area contributed by atoms with E-state index in [0.29, 0.717) is 12.8 Å². The normalized spacial score (nSPS) is 29.7. The number of hydrogen-bond acceptors (Lipinski definition) is 3. The quantitative estimate of drug-likeness (QED) is 0.844. The molecule has 0 aromatic heterocycles. The molecule has 3 rings (SSSR count). The van der Waals surface area contributed by atoms with Gasteiger partial charge in [-0.3, -0.25) is 0 Å². The summed E-state index contributed by atoms with van der Waals surface area (Å²) in [6, 6.07) is 6.40. The lowest BCUT2D eigenvalue weighted by Gasteiger charge is -2.44. The molecule has 1 N–H and O–H groups in total. The van der Waals surface area contributed by atoms with Crippen molar-refractivity contribution in [1.82, 2.24) is 4.90 Å². The number of ether oxygens (including phenoxy) is 1. The van der Waals surface area contributed by atoms with Crippen LogP contribution in [0, 0.1) is 13.8 Å². The van der Waals surface area contributed by atoms with Crippen molar-refractivity contribution in [2.45, 2.75) is 83.6 Å². The molecule has 24 heavy (non-hydrogen) atoms. The first-order valence-corrected chi connectivity index (χ1v) is 8.90. The number of carbonyl (C=O) groups is 1. The van der Waals surface area contributed by atoms with Gasteiger partial charge in [-0.1, -0.05) is 29.3 Å². The molecule has 2 unspecified atom stereocenters. The van der Waals surface area contributed by atoms with Crippen molar-refractivity contribution in [3.05, 3.63) is 34.9 Å². The molecule has 2 bridgehead atoms. The van der Waals surface area contributed by atoms with Gasteiger partial charge in [0.15, 0.2) is 0 Å². The minimum atomic E-state index is -0.846. The Morgan fingerprint density at radius 3 is 2.08 bits per heavy atom. The van der Waals surface area contributed by atoms with Gasteiger partial charge in [0.1, 0.15) is 5.60 Å². The Labute approximate surface area is 144 Å². The summed E-state index contributed by atoms with van der Waals surface area (Å²) in [6.45, 7) is 9.79. The number of piperidine rings is 1. The molecule has 1 aromatic rings. The van der Waals surface area contributed by atoms with Gasteiger partial charge < -0.3 is 14.7 Å². The predicted molar refractivity (Wildman–Crippen MR) is 93.9 cm³/mol. The van der Waals surface area contributed by atoms with Crippen molar-refractivity contribution in [2.75, 3.05) is 0 Å². The Kier molecular flexibility index (Phi) is 4.15. The molecular formula is C20H29NO3. The van der Waals surface area contributed by atoms with Crippen LogP contribution in [0.15, 0.2) is 18.2 Å². The van der Waals surface area contributed by atoms with Crippen LogP contribution >= 0.6 is 0 Å². The van der Waals surface area contributed by atoms with E-state index in [9.17, 15) is 9.90 Å². The molecule has 2 saturated heterocycles. The van der Waals surface area contributed by atoms with Crippen LogP contribution in [0.2, 0.25) is 0 Å². The van der Waals surface area contributed by atoms with Crippen LogP contribution in [-0.4, -0.2) is 33.8 Å². The van der Waals surface area contributed by atoms with Gasteiger partial charge in [-0.25, -0.2) is 4.79 Å². The fraction of sp³-hybridized carbons (Fsp3) is 0.650. The summed E-state index contributed by atoms with van der Waals surface area (Å²) < 4.78 is 5.58. The van der Waals surface area contributed by atoms with Crippen molar-refractivity contribution in [1.29, 1.82) is 0 Å². The highest BCUT2D eigenvalue weighted by molar-refractivity contribution is 5.69. The van der Waals surface area contributed by atoms with E-state index in [0.717, 1.165) is 18.4 Å². The molecule has 2 heterocycles. The van der Waals surface area contributed by atoms with Gasteiger partial charge in [0.2, 0.25) is 0 Å². The molecule has 4 nitrogen and oxygen atoms in total. The largest absolute Gasteiger partial charge is 0.444 e. The maximum atomic E-state index is 12.6. The predicted octanol–water partition coefficient (Wildman–Crippen LogP) is 4.05. The third-order valence-electron chi connectivity index (χ3n) is 5.13. The Morgan fingerprint density at radius 2 is 1.62 bits per heavy atom. The number of benzene rings is 1. The number of aliphatic hydroxyl groups is 1. The highest BCUT2D eigenvalue weighted by atomic mass is 16.6. The van der Waals surface area contributed by atoms with Gasteiger partial charge >= 0.3 is 6.09 Å². The minimum Gasteiger partial charge on any atom is -0.444 e. The van der Waals surface area contributed by atoms with Gasteiger partial charge in [0.25, 0.3) is 0 Å². The summed E-state index contributed by atoms with van der Waals surface area (Å²) in [5, 5.41) is 11.3. The third kappa shape index (κ3) is 3.30. The molecule has 2 fully saturated rings. The lowest BCUT2D eigenvalue weighted by atomic mass is 9.79. The second kappa shape index (κ2) is 5.76. The van der Waals surface area contributed by atoms with E-state index in [-0.39, 0.29) is 18.2 Å².